The summed E-state index contributed by atoms with van der Waals surface area (Å²) in [6.45, 7) is 1.83. The average Bonchev–Trinajstić information content (AvgIpc) is 2.87. The first kappa shape index (κ1) is 13.9. The summed E-state index contributed by atoms with van der Waals surface area (Å²) in [6.07, 6.45) is 1.67. The summed E-state index contributed by atoms with van der Waals surface area (Å²) in [6, 6.07) is 9.01. The van der Waals surface area contributed by atoms with Crippen LogP contribution < -0.4 is 0 Å². The van der Waals surface area contributed by atoms with E-state index < -0.39 is 5.97 Å². The third kappa shape index (κ3) is 2.44. The number of aryl methyl sites for hydroxylation is 1. The fourth-order valence-electron chi connectivity index (χ4n) is 2.04. The van der Waals surface area contributed by atoms with Gasteiger partial charge in [0.25, 0.3) is 0 Å². The fourth-order valence-corrected chi connectivity index (χ4v) is 2.04. The molecule has 0 spiro atoms. The first-order valence-corrected chi connectivity index (χ1v) is 6.44. The lowest BCUT2D eigenvalue weighted by atomic mass is 10.3. The van der Waals surface area contributed by atoms with Crippen molar-refractivity contribution in [2.75, 3.05) is 0 Å². The maximum Gasteiger partial charge on any atom is 0.358 e. The number of azo groups is 1. The van der Waals surface area contributed by atoms with E-state index in [1.165, 1.54) is 24.3 Å². The predicted molar refractivity (Wildman–Crippen MR) is 77.5 cm³/mol. The number of halogens is 1. The molecule has 1 aromatic carbocycles. The Bertz CT molecular complexity index is 884. The van der Waals surface area contributed by atoms with Crippen molar-refractivity contribution in [1.82, 2.24) is 9.38 Å². The summed E-state index contributed by atoms with van der Waals surface area (Å²) in [4.78, 5) is 15.4. The molecule has 0 aliphatic rings. The van der Waals surface area contributed by atoms with Crippen LogP contribution in [0, 0.1) is 12.7 Å². The van der Waals surface area contributed by atoms with Gasteiger partial charge in [-0.3, -0.25) is 4.40 Å². The van der Waals surface area contributed by atoms with Gasteiger partial charge in [-0.05, 0) is 42.8 Å². The summed E-state index contributed by atoms with van der Waals surface area (Å²) in [5.74, 6) is -1.44. The van der Waals surface area contributed by atoms with Crippen molar-refractivity contribution in [3.63, 3.8) is 0 Å². The van der Waals surface area contributed by atoms with Gasteiger partial charge in [0.05, 0.1) is 5.69 Å². The molecule has 0 unspecified atom stereocenters. The molecule has 0 saturated carbocycles. The summed E-state index contributed by atoms with van der Waals surface area (Å²) in [5.41, 5.74) is 1.57. The molecule has 22 heavy (non-hydrogen) atoms. The Labute approximate surface area is 124 Å². The lowest BCUT2D eigenvalue weighted by Crippen LogP contribution is -1.96. The van der Waals surface area contributed by atoms with E-state index in [9.17, 15) is 14.3 Å². The number of fused-ring (bicyclic) bond motifs is 1. The Morgan fingerprint density at radius 1 is 1.23 bits per heavy atom. The van der Waals surface area contributed by atoms with Crippen molar-refractivity contribution < 1.29 is 14.3 Å². The molecule has 0 fully saturated rings. The standard InChI is InChI=1S/C15H11FN4O2/c1-9-3-2-8-20-13(9)17-12(15(21)22)14(20)19-18-11-6-4-10(16)5-7-11/h2-8H,1H3,(H,21,22). The van der Waals surface area contributed by atoms with Crippen LogP contribution in [-0.4, -0.2) is 20.5 Å². The van der Waals surface area contributed by atoms with Gasteiger partial charge in [0.2, 0.25) is 0 Å². The summed E-state index contributed by atoms with van der Waals surface area (Å²) in [5, 5.41) is 17.2. The van der Waals surface area contributed by atoms with Crippen molar-refractivity contribution in [2.24, 2.45) is 10.2 Å². The summed E-state index contributed by atoms with van der Waals surface area (Å²) >= 11 is 0. The zero-order chi connectivity index (χ0) is 15.7. The molecular formula is C15H11FN4O2. The van der Waals surface area contributed by atoms with Gasteiger partial charge in [0, 0.05) is 6.20 Å². The minimum Gasteiger partial charge on any atom is -0.476 e. The van der Waals surface area contributed by atoms with Crippen LogP contribution in [0.1, 0.15) is 16.1 Å². The van der Waals surface area contributed by atoms with Crippen LogP contribution in [0.4, 0.5) is 15.9 Å². The maximum atomic E-state index is 12.9. The largest absolute Gasteiger partial charge is 0.476 e. The zero-order valence-electron chi connectivity index (χ0n) is 11.6. The van der Waals surface area contributed by atoms with E-state index in [1.54, 1.807) is 16.7 Å². The molecule has 2 aromatic heterocycles. The Balaban J connectivity index is 2.12. The minimum atomic E-state index is -1.18. The molecule has 0 aliphatic carbocycles. The van der Waals surface area contributed by atoms with Gasteiger partial charge in [-0.1, -0.05) is 6.07 Å². The lowest BCUT2D eigenvalue weighted by molar-refractivity contribution is 0.0692. The van der Waals surface area contributed by atoms with Crippen molar-refractivity contribution >= 4 is 23.1 Å². The molecule has 0 amide bonds. The molecule has 3 rings (SSSR count). The average molecular weight is 298 g/mol. The van der Waals surface area contributed by atoms with Gasteiger partial charge in [0.15, 0.2) is 11.5 Å². The Morgan fingerprint density at radius 3 is 2.64 bits per heavy atom. The highest BCUT2D eigenvalue weighted by atomic mass is 19.1. The second kappa shape index (κ2) is 5.36. The second-order valence-corrected chi connectivity index (χ2v) is 4.65. The van der Waals surface area contributed by atoms with E-state index in [4.69, 9.17) is 0 Å². The number of carboxylic acid groups (broad SMARTS) is 1. The number of nitrogens with zero attached hydrogens (tertiary/aromatic N) is 4. The molecule has 7 heteroatoms. The smallest absolute Gasteiger partial charge is 0.358 e. The van der Waals surface area contributed by atoms with Crippen LogP contribution >= 0.6 is 0 Å². The number of aromatic carboxylic acids is 1. The van der Waals surface area contributed by atoms with Gasteiger partial charge >= 0.3 is 5.97 Å². The number of imidazole rings is 1. The summed E-state index contributed by atoms with van der Waals surface area (Å²) in [7, 11) is 0. The Kier molecular flexibility index (Phi) is 3.38. The number of pyridine rings is 1. The number of rotatable bonds is 3. The first-order valence-electron chi connectivity index (χ1n) is 6.44. The van der Waals surface area contributed by atoms with Gasteiger partial charge in [-0.25, -0.2) is 14.2 Å². The SMILES string of the molecule is Cc1cccn2c(N=Nc3ccc(F)cc3)c(C(=O)O)nc12. The number of hydrogen-bond acceptors (Lipinski definition) is 4. The van der Waals surface area contributed by atoms with Crippen LogP contribution in [0.5, 0.6) is 0 Å². The van der Waals surface area contributed by atoms with Gasteiger partial charge in [0.1, 0.15) is 11.5 Å². The van der Waals surface area contributed by atoms with Crippen LogP contribution in [0.2, 0.25) is 0 Å². The fraction of sp³-hybridized carbons (Fsp3) is 0.0667. The third-order valence-electron chi connectivity index (χ3n) is 3.11. The van der Waals surface area contributed by atoms with Gasteiger partial charge in [-0.2, -0.15) is 0 Å². The van der Waals surface area contributed by atoms with Crippen LogP contribution in [0.25, 0.3) is 5.65 Å². The topological polar surface area (TPSA) is 79.3 Å². The van der Waals surface area contributed by atoms with E-state index in [0.29, 0.717) is 11.3 Å². The minimum absolute atomic E-state index is 0.121. The normalized spacial score (nSPS) is 11.4. The zero-order valence-corrected chi connectivity index (χ0v) is 11.6. The summed E-state index contributed by atoms with van der Waals surface area (Å²) < 4.78 is 14.4. The molecule has 0 saturated heterocycles. The molecule has 3 aromatic rings. The molecular weight excluding hydrogens is 287 g/mol. The van der Waals surface area contributed by atoms with Crippen LogP contribution in [-0.2, 0) is 0 Å². The monoisotopic (exact) mass is 298 g/mol. The van der Waals surface area contributed by atoms with Crippen molar-refractivity contribution in [2.45, 2.75) is 6.92 Å². The van der Waals surface area contributed by atoms with Crippen molar-refractivity contribution in [1.29, 1.82) is 0 Å². The molecule has 0 atom stereocenters. The third-order valence-corrected chi connectivity index (χ3v) is 3.11. The van der Waals surface area contributed by atoms with E-state index in [0.717, 1.165) is 5.56 Å². The van der Waals surface area contributed by atoms with E-state index in [1.807, 2.05) is 13.0 Å². The Morgan fingerprint density at radius 2 is 1.95 bits per heavy atom. The maximum absolute atomic E-state index is 12.9. The molecule has 6 nitrogen and oxygen atoms in total. The molecule has 0 aliphatic heterocycles. The van der Waals surface area contributed by atoms with Gasteiger partial charge < -0.3 is 5.11 Å². The van der Waals surface area contributed by atoms with Crippen LogP contribution in [0.3, 0.4) is 0 Å². The highest BCUT2D eigenvalue weighted by Gasteiger charge is 2.19. The number of benzene rings is 1. The number of hydrogen-bond donors (Lipinski definition) is 1. The van der Waals surface area contributed by atoms with Crippen molar-refractivity contribution in [3.8, 4) is 0 Å². The molecule has 0 bridgehead atoms. The molecule has 1 N–H and O–H groups in total. The Hall–Kier alpha value is -3.09. The highest BCUT2D eigenvalue weighted by Crippen LogP contribution is 2.25. The molecule has 2 heterocycles. The first-order chi connectivity index (χ1) is 10.6. The lowest BCUT2D eigenvalue weighted by Gasteiger charge is -1.98. The van der Waals surface area contributed by atoms with Gasteiger partial charge in [-0.15, -0.1) is 10.2 Å². The van der Waals surface area contributed by atoms with Crippen molar-refractivity contribution in [3.05, 3.63) is 59.7 Å². The number of aromatic nitrogens is 2. The highest BCUT2D eigenvalue weighted by molar-refractivity contribution is 5.92. The van der Waals surface area contributed by atoms with E-state index >= 15 is 0 Å². The predicted octanol–water partition coefficient (Wildman–Crippen LogP) is 3.90. The second-order valence-electron chi connectivity index (χ2n) is 4.65. The molecule has 0 radical (unpaired) electrons. The van der Waals surface area contributed by atoms with E-state index in [-0.39, 0.29) is 17.3 Å². The van der Waals surface area contributed by atoms with E-state index in [2.05, 4.69) is 15.2 Å². The molecule has 110 valence electrons. The quantitative estimate of drug-likeness (QED) is 0.745. The number of carboxylic acids is 1. The van der Waals surface area contributed by atoms with Crippen LogP contribution in [0.15, 0.2) is 52.8 Å². The number of carbonyl (C=O) groups is 1.